The molecule has 0 unspecified atom stereocenters. The van der Waals surface area contributed by atoms with Crippen LogP contribution in [0.4, 0.5) is 0 Å². The monoisotopic (exact) mass is 629 g/mol. The molecule has 9 rings (SSSR count). The van der Waals surface area contributed by atoms with E-state index in [0.717, 1.165) is 66.7 Å². The predicted octanol–water partition coefficient (Wildman–Crippen LogP) is 10.6. The van der Waals surface area contributed by atoms with Gasteiger partial charge < -0.3 is 4.42 Å². The Morgan fingerprint density at radius 2 is 0.816 bits per heavy atom. The molecule has 0 spiro atoms. The second-order valence-corrected chi connectivity index (χ2v) is 11.7. The molecule has 3 aromatic heterocycles. The maximum atomic E-state index is 6.41. The zero-order valence-corrected chi connectivity index (χ0v) is 26.2. The van der Waals surface area contributed by atoms with E-state index in [4.69, 9.17) is 29.3 Å². The fourth-order valence-electron chi connectivity index (χ4n) is 6.17. The van der Waals surface area contributed by atoms with Crippen LogP contribution < -0.4 is 0 Å². The highest BCUT2D eigenvalue weighted by Crippen LogP contribution is 2.38. The molecule has 6 aromatic carbocycles. The highest BCUT2D eigenvalue weighted by atomic mass is 16.3. The molecule has 0 bridgehead atoms. The normalized spacial score (nSPS) is 11.3. The molecule has 0 saturated carbocycles. The van der Waals surface area contributed by atoms with Gasteiger partial charge in [0.05, 0.1) is 11.4 Å². The lowest BCUT2D eigenvalue weighted by Gasteiger charge is -2.10. The largest absolute Gasteiger partial charge is 0.456 e. The van der Waals surface area contributed by atoms with Crippen LogP contribution in [0.25, 0.3) is 90.0 Å². The van der Waals surface area contributed by atoms with E-state index in [2.05, 4.69) is 30.3 Å². The van der Waals surface area contributed by atoms with E-state index < -0.39 is 0 Å². The third-order valence-electron chi connectivity index (χ3n) is 8.56. The van der Waals surface area contributed by atoms with Crippen LogP contribution in [0.1, 0.15) is 0 Å². The number of hydrogen-bond acceptors (Lipinski definition) is 6. The average Bonchev–Trinajstić information content (AvgIpc) is 3.57. The lowest BCUT2D eigenvalue weighted by molar-refractivity contribution is 0.669. The van der Waals surface area contributed by atoms with E-state index in [1.165, 1.54) is 0 Å². The first-order valence-corrected chi connectivity index (χ1v) is 16.1. The third kappa shape index (κ3) is 5.41. The summed E-state index contributed by atoms with van der Waals surface area (Å²) in [6, 6.07) is 54.6. The van der Waals surface area contributed by atoms with Crippen molar-refractivity contribution in [3.8, 4) is 68.1 Å². The van der Waals surface area contributed by atoms with Gasteiger partial charge in [0.15, 0.2) is 23.3 Å². The minimum absolute atomic E-state index is 0.570. The summed E-state index contributed by atoms with van der Waals surface area (Å²) in [6.45, 7) is 0. The Hall–Kier alpha value is -6.79. The first kappa shape index (κ1) is 28.4. The number of fused-ring (bicyclic) bond motifs is 3. The maximum Gasteiger partial charge on any atom is 0.164 e. The fraction of sp³-hybridized carbons (Fsp3) is 0. The van der Waals surface area contributed by atoms with E-state index in [9.17, 15) is 0 Å². The van der Waals surface area contributed by atoms with Crippen molar-refractivity contribution in [2.75, 3.05) is 0 Å². The summed E-state index contributed by atoms with van der Waals surface area (Å²) >= 11 is 0. The van der Waals surface area contributed by atoms with Crippen molar-refractivity contribution in [3.63, 3.8) is 0 Å². The van der Waals surface area contributed by atoms with Gasteiger partial charge in [-0.1, -0.05) is 133 Å². The van der Waals surface area contributed by atoms with Crippen LogP contribution in [-0.4, -0.2) is 24.9 Å². The molecule has 0 N–H and O–H groups in total. The molecule has 0 aliphatic rings. The smallest absolute Gasteiger partial charge is 0.164 e. The van der Waals surface area contributed by atoms with Crippen LogP contribution >= 0.6 is 0 Å². The maximum absolute atomic E-state index is 6.41. The van der Waals surface area contributed by atoms with Crippen molar-refractivity contribution in [1.29, 1.82) is 0 Å². The molecule has 0 amide bonds. The molecular formula is C43H27N5O. The zero-order chi connectivity index (χ0) is 32.6. The van der Waals surface area contributed by atoms with E-state index in [1.807, 2.05) is 133 Å². The summed E-state index contributed by atoms with van der Waals surface area (Å²) in [7, 11) is 0. The third-order valence-corrected chi connectivity index (χ3v) is 8.56. The number of aromatic nitrogens is 5. The van der Waals surface area contributed by atoms with E-state index in [-0.39, 0.29) is 0 Å². The second-order valence-electron chi connectivity index (χ2n) is 11.7. The Labute approximate surface area is 282 Å². The van der Waals surface area contributed by atoms with Crippen molar-refractivity contribution in [3.05, 3.63) is 164 Å². The number of hydrogen-bond donors (Lipinski definition) is 0. The van der Waals surface area contributed by atoms with E-state index in [0.29, 0.717) is 23.3 Å². The lowest BCUT2D eigenvalue weighted by atomic mass is 10.0. The van der Waals surface area contributed by atoms with Crippen molar-refractivity contribution >= 4 is 21.9 Å². The van der Waals surface area contributed by atoms with Gasteiger partial charge in [-0.2, -0.15) is 0 Å². The summed E-state index contributed by atoms with van der Waals surface area (Å²) in [5.74, 6) is 2.41. The van der Waals surface area contributed by atoms with Gasteiger partial charge >= 0.3 is 0 Å². The van der Waals surface area contributed by atoms with Gasteiger partial charge in [-0.15, -0.1) is 0 Å². The zero-order valence-electron chi connectivity index (χ0n) is 26.2. The number of nitrogens with zero attached hydrogens (tertiary/aromatic N) is 5. The molecule has 0 aliphatic carbocycles. The van der Waals surface area contributed by atoms with Crippen LogP contribution in [0.2, 0.25) is 0 Å². The summed E-state index contributed by atoms with van der Waals surface area (Å²) < 4.78 is 6.41. The fourth-order valence-corrected chi connectivity index (χ4v) is 6.17. The molecule has 9 aromatic rings. The predicted molar refractivity (Wildman–Crippen MR) is 195 cm³/mol. The summed E-state index contributed by atoms with van der Waals surface area (Å²) in [4.78, 5) is 25.1. The minimum atomic E-state index is 0.570. The second kappa shape index (κ2) is 12.1. The number of furan rings is 1. The van der Waals surface area contributed by atoms with Gasteiger partial charge in [0, 0.05) is 44.2 Å². The molecule has 0 fully saturated rings. The molecule has 0 saturated heterocycles. The first-order chi connectivity index (χ1) is 24.3. The minimum Gasteiger partial charge on any atom is -0.456 e. The molecule has 49 heavy (non-hydrogen) atoms. The van der Waals surface area contributed by atoms with Crippen LogP contribution in [0.3, 0.4) is 0 Å². The van der Waals surface area contributed by atoms with Crippen molar-refractivity contribution in [2.24, 2.45) is 0 Å². The lowest BCUT2D eigenvalue weighted by Crippen LogP contribution is -2.00. The van der Waals surface area contributed by atoms with Gasteiger partial charge in [-0.3, -0.25) is 0 Å². The Bertz CT molecular complexity index is 2470. The summed E-state index contributed by atoms with van der Waals surface area (Å²) in [5, 5.41) is 1.85. The molecule has 230 valence electrons. The Morgan fingerprint density at radius 3 is 1.37 bits per heavy atom. The summed E-state index contributed by atoms with van der Waals surface area (Å²) in [5.41, 5.74) is 8.84. The SMILES string of the molecule is c1ccc(-c2cc(-c3ccccc3)nc(-c3ccc4oc5cccc(-c6nc(-c7ccccc7)nc(-c7ccccc7)n6)c5c4c3)n2)cc1. The van der Waals surface area contributed by atoms with Gasteiger partial charge in [-0.05, 0) is 30.3 Å². The highest BCUT2D eigenvalue weighted by molar-refractivity contribution is 6.12. The highest BCUT2D eigenvalue weighted by Gasteiger charge is 2.19. The van der Waals surface area contributed by atoms with Gasteiger partial charge in [0.25, 0.3) is 0 Å². The Morgan fingerprint density at radius 1 is 0.327 bits per heavy atom. The number of rotatable bonds is 6. The van der Waals surface area contributed by atoms with Crippen molar-refractivity contribution < 1.29 is 4.42 Å². The Kier molecular flexibility index (Phi) is 7.02. The van der Waals surface area contributed by atoms with Crippen LogP contribution in [0.5, 0.6) is 0 Å². The average molecular weight is 630 g/mol. The molecular weight excluding hydrogens is 603 g/mol. The molecule has 3 heterocycles. The van der Waals surface area contributed by atoms with Gasteiger partial charge in [0.2, 0.25) is 0 Å². The molecule has 6 heteroatoms. The molecule has 0 aliphatic heterocycles. The quantitative estimate of drug-likeness (QED) is 0.182. The van der Waals surface area contributed by atoms with Crippen LogP contribution in [-0.2, 0) is 0 Å². The topological polar surface area (TPSA) is 77.6 Å². The summed E-state index contributed by atoms with van der Waals surface area (Å²) in [6.07, 6.45) is 0. The molecule has 0 radical (unpaired) electrons. The van der Waals surface area contributed by atoms with E-state index in [1.54, 1.807) is 0 Å². The molecule has 6 nitrogen and oxygen atoms in total. The van der Waals surface area contributed by atoms with Crippen molar-refractivity contribution in [1.82, 2.24) is 24.9 Å². The standard InChI is InChI=1S/C43H27N5O/c1-5-14-28(15-6-1)35-27-36(29-16-7-2-8-17-29)45-42(44-35)32-24-25-37-34(26-32)39-33(22-13-23-38(39)49-37)43-47-40(30-18-9-3-10-19-30)46-41(48-43)31-20-11-4-12-21-31/h1-27H. The molecule has 0 atom stereocenters. The van der Waals surface area contributed by atoms with E-state index >= 15 is 0 Å². The van der Waals surface area contributed by atoms with Crippen molar-refractivity contribution in [2.45, 2.75) is 0 Å². The van der Waals surface area contributed by atoms with Crippen LogP contribution in [0, 0.1) is 0 Å². The van der Waals surface area contributed by atoms with Gasteiger partial charge in [-0.25, -0.2) is 24.9 Å². The number of benzene rings is 6. The van der Waals surface area contributed by atoms with Gasteiger partial charge in [0.1, 0.15) is 11.2 Å². The first-order valence-electron chi connectivity index (χ1n) is 16.1. The van der Waals surface area contributed by atoms with Crippen LogP contribution in [0.15, 0.2) is 168 Å². The Balaban J connectivity index is 1.25.